The van der Waals surface area contributed by atoms with Gasteiger partial charge < -0.3 is 0 Å². The molecule has 0 spiro atoms. The molecule has 0 N–H and O–H groups in total. The van der Waals surface area contributed by atoms with Crippen LogP contribution in [-0.2, 0) is 0 Å². The van der Waals surface area contributed by atoms with Gasteiger partial charge in [-0.05, 0) is 0 Å². The Morgan fingerprint density at radius 2 is 1.67 bits per heavy atom. The first-order valence-corrected chi connectivity index (χ1v) is 8.82. The molecule has 106 valence electrons. The summed E-state index contributed by atoms with van der Waals surface area (Å²) in [6.07, 6.45) is 2.84. The zero-order valence-corrected chi connectivity index (χ0v) is 13.3. The second-order valence-corrected chi connectivity index (χ2v) is 6.89. The molecule has 3 nitrogen and oxygen atoms in total. The normalized spacial score (nSPS) is 9.86. The van der Waals surface area contributed by atoms with Crippen LogP contribution in [0.2, 0.25) is 5.32 Å². The summed E-state index contributed by atoms with van der Waals surface area (Å²) in [6.45, 7) is 0.485. The van der Waals surface area contributed by atoms with Crippen molar-refractivity contribution in [3.63, 3.8) is 0 Å². The van der Waals surface area contributed by atoms with Crippen molar-refractivity contribution in [2.24, 2.45) is 0 Å². The molecule has 0 aliphatic carbocycles. The van der Waals surface area contributed by atoms with Crippen LogP contribution >= 0.6 is 0 Å². The number of hydrogen-bond acceptors (Lipinski definition) is 2. The summed E-state index contributed by atoms with van der Waals surface area (Å²) in [6, 6.07) is 19.3. The number of hydrogen-bond donors (Lipinski definition) is 0. The van der Waals surface area contributed by atoms with Gasteiger partial charge in [-0.2, -0.15) is 0 Å². The topological polar surface area (TPSA) is 44.1 Å². The molecule has 0 aliphatic rings. The number of carbonyl (C=O) groups excluding carboxylic acids is 1. The number of benzene rings is 2. The standard InChI is InChI=1S/C17H16N2OSe/c18-14-19(17(20)15-8-3-1-4-9-15)12-7-13-21-16-10-5-2-6-11-16/h1-6,8-11H,7,12-13H2. The summed E-state index contributed by atoms with van der Waals surface area (Å²) in [5.41, 5.74) is 0.563. The van der Waals surface area contributed by atoms with Gasteiger partial charge in [0.1, 0.15) is 0 Å². The Morgan fingerprint density at radius 1 is 1.05 bits per heavy atom. The van der Waals surface area contributed by atoms with Crippen LogP contribution in [0.3, 0.4) is 0 Å². The van der Waals surface area contributed by atoms with Crippen LogP contribution in [-0.4, -0.2) is 32.3 Å². The second-order valence-electron chi connectivity index (χ2n) is 4.44. The van der Waals surface area contributed by atoms with Gasteiger partial charge in [-0.15, -0.1) is 0 Å². The number of carbonyl (C=O) groups is 1. The average molecular weight is 343 g/mol. The summed E-state index contributed by atoms with van der Waals surface area (Å²) in [5, 5.41) is 10.2. The Labute approximate surface area is 131 Å². The Bertz CT molecular complexity index is 608. The molecular formula is C17H16N2OSe. The number of nitrogens with zero attached hydrogens (tertiary/aromatic N) is 2. The van der Waals surface area contributed by atoms with Crippen LogP contribution < -0.4 is 4.46 Å². The summed E-state index contributed by atoms with van der Waals surface area (Å²) < 4.78 is 1.35. The second kappa shape index (κ2) is 8.26. The van der Waals surface area contributed by atoms with E-state index in [1.165, 1.54) is 9.36 Å². The van der Waals surface area contributed by atoms with Crippen molar-refractivity contribution < 1.29 is 4.79 Å². The molecule has 2 aromatic carbocycles. The van der Waals surface area contributed by atoms with Crippen LogP contribution in [0.25, 0.3) is 0 Å². The summed E-state index contributed by atoms with van der Waals surface area (Å²) in [4.78, 5) is 13.4. The van der Waals surface area contributed by atoms with E-state index in [0.717, 1.165) is 11.7 Å². The fourth-order valence-electron chi connectivity index (χ4n) is 1.86. The third kappa shape index (κ3) is 4.75. The van der Waals surface area contributed by atoms with Crippen molar-refractivity contribution in [1.29, 1.82) is 5.26 Å². The molecule has 0 saturated carbocycles. The predicted molar refractivity (Wildman–Crippen MR) is 84.3 cm³/mol. The molecule has 0 fully saturated rings. The number of nitriles is 1. The van der Waals surface area contributed by atoms with E-state index in [2.05, 4.69) is 12.1 Å². The number of amides is 1. The maximum absolute atomic E-state index is 12.1. The molecule has 1 amide bonds. The fraction of sp³-hybridized carbons (Fsp3) is 0.176. The zero-order valence-electron chi connectivity index (χ0n) is 11.6. The van der Waals surface area contributed by atoms with Gasteiger partial charge in [0.05, 0.1) is 0 Å². The fourth-order valence-corrected chi connectivity index (χ4v) is 3.66. The molecule has 0 bridgehead atoms. The van der Waals surface area contributed by atoms with Gasteiger partial charge in [-0.1, -0.05) is 0 Å². The van der Waals surface area contributed by atoms with Gasteiger partial charge in [-0.25, -0.2) is 0 Å². The first-order valence-electron chi connectivity index (χ1n) is 6.76. The molecular weight excluding hydrogens is 327 g/mol. The van der Waals surface area contributed by atoms with Crippen molar-refractivity contribution in [3.05, 3.63) is 66.2 Å². The Kier molecular flexibility index (Phi) is 6.02. The zero-order chi connectivity index (χ0) is 14.9. The molecule has 4 heteroatoms. The third-order valence-corrected chi connectivity index (χ3v) is 5.23. The van der Waals surface area contributed by atoms with E-state index in [0.29, 0.717) is 27.1 Å². The molecule has 2 aromatic rings. The molecule has 0 aromatic heterocycles. The molecule has 0 radical (unpaired) electrons. The van der Waals surface area contributed by atoms with Crippen molar-refractivity contribution in [1.82, 2.24) is 4.90 Å². The Balaban J connectivity index is 1.81. The quantitative estimate of drug-likeness (QED) is 0.350. The van der Waals surface area contributed by atoms with E-state index in [1.807, 2.05) is 30.5 Å². The molecule has 0 unspecified atom stereocenters. The van der Waals surface area contributed by atoms with Crippen LogP contribution in [0.5, 0.6) is 0 Å². The van der Waals surface area contributed by atoms with Crippen LogP contribution in [0.15, 0.2) is 60.7 Å². The van der Waals surface area contributed by atoms with E-state index in [9.17, 15) is 4.79 Å². The van der Waals surface area contributed by atoms with E-state index < -0.39 is 0 Å². The predicted octanol–water partition coefficient (Wildman–Crippen LogP) is 2.45. The van der Waals surface area contributed by atoms with Gasteiger partial charge in [0.15, 0.2) is 0 Å². The van der Waals surface area contributed by atoms with Crippen molar-refractivity contribution >= 4 is 25.3 Å². The van der Waals surface area contributed by atoms with E-state index in [-0.39, 0.29) is 5.91 Å². The minimum absolute atomic E-state index is 0.217. The summed E-state index contributed by atoms with van der Waals surface area (Å²) in [7, 11) is 0. The van der Waals surface area contributed by atoms with E-state index >= 15 is 0 Å². The SMILES string of the molecule is N#CN(CCC[Se]c1ccccc1)C(=O)c1ccccc1. The molecule has 0 aliphatic heterocycles. The molecule has 2 rings (SSSR count). The van der Waals surface area contributed by atoms with Gasteiger partial charge in [0.2, 0.25) is 0 Å². The summed E-state index contributed by atoms with van der Waals surface area (Å²) >= 11 is 0.401. The van der Waals surface area contributed by atoms with Gasteiger partial charge >= 0.3 is 131 Å². The van der Waals surface area contributed by atoms with Gasteiger partial charge in [-0.3, -0.25) is 0 Å². The van der Waals surface area contributed by atoms with Crippen molar-refractivity contribution in [3.8, 4) is 6.19 Å². The van der Waals surface area contributed by atoms with Gasteiger partial charge in [0, 0.05) is 0 Å². The van der Waals surface area contributed by atoms with Crippen molar-refractivity contribution in [2.75, 3.05) is 6.54 Å². The Hall–Kier alpha value is -2.08. The number of rotatable bonds is 6. The molecule has 0 heterocycles. The van der Waals surface area contributed by atoms with E-state index in [4.69, 9.17) is 5.26 Å². The minimum atomic E-state index is -0.217. The first kappa shape index (κ1) is 15.3. The van der Waals surface area contributed by atoms with Crippen LogP contribution in [0.4, 0.5) is 0 Å². The molecule has 0 saturated heterocycles. The van der Waals surface area contributed by atoms with E-state index in [1.54, 1.807) is 24.3 Å². The third-order valence-electron chi connectivity index (χ3n) is 2.92. The van der Waals surface area contributed by atoms with Crippen LogP contribution in [0.1, 0.15) is 16.8 Å². The average Bonchev–Trinajstić information content (AvgIpc) is 2.56. The van der Waals surface area contributed by atoms with Crippen LogP contribution in [0, 0.1) is 11.5 Å². The first-order chi connectivity index (χ1) is 10.3. The van der Waals surface area contributed by atoms with Gasteiger partial charge in [0.25, 0.3) is 0 Å². The maximum atomic E-state index is 12.1. The van der Waals surface area contributed by atoms with Crippen molar-refractivity contribution in [2.45, 2.75) is 11.7 Å². The monoisotopic (exact) mass is 344 g/mol. The molecule has 0 atom stereocenters. The summed E-state index contributed by atoms with van der Waals surface area (Å²) in [5.74, 6) is -0.217. The molecule has 21 heavy (non-hydrogen) atoms. The Morgan fingerprint density at radius 3 is 2.29 bits per heavy atom.